The highest BCUT2D eigenvalue weighted by molar-refractivity contribution is 6.30. The van der Waals surface area contributed by atoms with E-state index in [-0.39, 0.29) is 5.56 Å². The van der Waals surface area contributed by atoms with E-state index in [1.54, 1.807) is 6.07 Å². The summed E-state index contributed by atoms with van der Waals surface area (Å²) in [7, 11) is 0. The van der Waals surface area contributed by atoms with Crippen molar-refractivity contribution in [3.8, 4) is 0 Å². The lowest BCUT2D eigenvalue weighted by Gasteiger charge is -2.14. The highest BCUT2D eigenvalue weighted by Gasteiger charge is 2.42. The molecular weight excluding hydrogens is 208 g/mol. The third-order valence-corrected chi connectivity index (χ3v) is 2.81. The maximum absolute atomic E-state index is 12.6. The fourth-order valence-corrected chi connectivity index (χ4v) is 1.73. The molecule has 0 atom stereocenters. The van der Waals surface area contributed by atoms with Crippen molar-refractivity contribution in [2.24, 2.45) is 5.73 Å². The Bertz CT molecular complexity index is 361. The Hall–Kier alpha value is -0.670. The summed E-state index contributed by atoms with van der Waals surface area (Å²) >= 11 is 5.75. The molecule has 0 aromatic heterocycles. The van der Waals surface area contributed by atoms with E-state index in [9.17, 15) is 8.78 Å². The van der Waals surface area contributed by atoms with Crippen molar-refractivity contribution >= 4 is 11.6 Å². The molecule has 14 heavy (non-hydrogen) atoms. The molecule has 0 unspecified atom stereocenters. The van der Waals surface area contributed by atoms with Gasteiger partial charge in [-0.2, -0.15) is 0 Å². The third kappa shape index (κ3) is 1.62. The lowest BCUT2D eigenvalue weighted by molar-refractivity contribution is 0.149. The van der Waals surface area contributed by atoms with Crippen LogP contribution in [0.4, 0.5) is 8.78 Å². The van der Waals surface area contributed by atoms with E-state index in [0.29, 0.717) is 10.6 Å². The highest BCUT2D eigenvalue weighted by Crippen LogP contribution is 2.46. The van der Waals surface area contributed by atoms with Gasteiger partial charge in [0.25, 0.3) is 6.43 Å². The van der Waals surface area contributed by atoms with Crippen LogP contribution >= 0.6 is 11.6 Å². The van der Waals surface area contributed by atoms with E-state index in [0.717, 1.165) is 12.8 Å². The first-order valence-electron chi connectivity index (χ1n) is 4.40. The second-order valence-electron chi connectivity index (χ2n) is 3.69. The van der Waals surface area contributed by atoms with Crippen LogP contribution in [0.15, 0.2) is 18.2 Å². The highest BCUT2D eigenvalue weighted by atomic mass is 35.5. The van der Waals surface area contributed by atoms with Crippen LogP contribution < -0.4 is 5.73 Å². The molecular formula is C10H10ClF2N. The zero-order chi connectivity index (χ0) is 10.3. The van der Waals surface area contributed by atoms with Gasteiger partial charge in [0.2, 0.25) is 0 Å². The maximum Gasteiger partial charge on any atom is 0.264 e. The number of hydrogen-bond donors (Lipinski definition) is 1. The summed E-state index contributed by atoms with van der Waals surface area (Å²) in [6.45, 7) is 0. The van der Waals surface area contributed by atoms with Crippen molar-refractivity contribution in [2.75, 3.05) is 0 Å². The number of halogens is 3. The molecule has 1 aromatic carbocycles. The number of rotatable bonds is 2. The van der Waals surface area contributed by atoms with E-state index >= 15 is 0 Å². The van der Waals surface area contributed by atoms with Crippen LogP contribution in [0.2, 0.25) is 5.02 Å². The zero-order valence-electron chi connectivity index (χ0n) is 7.43. The van der Waals surface area contributed by atoms with Gasteiger partial charge in [0.15, 0.2) is 0 Å². The van der Waals surface area contributed by atoms with Gasteiger partial charge in [0, 0.05) is 16.1 Å². The van der Waals surface area contributed by atoms with Gasteiger partial charge in [0.1, 0.15) is 0 Å². The molecule has 1 aliphatic rings. The van der Waals surface area contributed by atoms with Crippen molar-refractivity contribution in [3.05, 3.63) is 34.3 Å². The molecule has 1 fully saturated rings. The van der Waals surface area contributed by atoms with Gasteiger partial charge in [-0.25, -0.2) is 8.78 Å². The van der Waals surface area contributed by atoms with Gasteiger partial charge in [-0.05, 0) is 30.5 Å². The molecule has 0 spiro atoms. The number of nitrogens with two attached hydrogens (primary N) is 1. The van der Waals surface area contributed by atoms with Crippen LogP contribution in [0.5, 0.6) is 0 Å². The Kier molecular flexibility index (Phi) is 2.24. The summed E-state index contributed by atoms with van der Waals surface area (Å²) in [5.74, 6) is 0. The van der Waals surface area contributed by atoms with Gasteiger partial charge in [0.05, 0.1) is 0 Å². The van der Waals surface area contributed by atoms with Crippen LogP contribution in [-0.4, -0.2) is 0 Å². The molecule has 1 nitrogen and oxygen atoms in total. The number of alkyl halides is 2. The Labute approximate surface area is 85.9 Å². The minimum Gasteiger partial charge on any atom is -0.321 e. The number of hydrogen-bond acceptors (Lipinski definition) is 1. The molecule has 4 heteroatoms. The smallest absolute Gasteiger partial charge is 0.264 e. The third-order valence-electron chi connectivity index (χ3n) is 2.58. The SMILES string of the molecule is NC1(c2cc(Cl)ccc2C(F)F)CC1. The summed E-state index contributed by atoms with van der Waals surface area (Å²) in [6.07, 6.45) is -0.969. The standard InChI is InChI=1S/C10H10ClF2N/c11-6-1-2-7(9(12)13)8(5-6)10(14)3-4-10/h1-2,5,9H,3-4,14H2. The van der Waals surface area contributed by atoms with Crippen molar-refractivity contribution in [2.45, 2.75) is 24.8 Å². The molecule has 76 valence electrons. The Morgan fingerprint density at radius 2 is 2.00 bits per heavy atom. The average Bonchev–Trinajstić information content (AvgIpc) is 2.84. The first kappa shape index (κ1) is 9.87. The molecule has 0 aliphatic heterocycles. The van der Waals surface area contributed by atoms with Crippen LogP contribution in [0, 0.1) is 0 Å². The van der Waals surface area contributed by atoms with Crippen LogP contribution in [0.25, 0.3) is 0 Å². The normalized spacial score (nSPS) is 18.6. The van der Waals surface area contributed by atoms with Crippen molar-refractivity contribution in [1.82, 2.24) is 0 Å². The van der Waals surface area contributed by atoms with Crippen LogP contribution in [0.1, 0.15) is 30.4 Å². The minimum absolute atomic E-state index is 0.00870. The maximum atomic E-state index is 12.6. The van der Waals surface area contributed by atoms with Gasteiger partial charge in [-0.1, -0.05) is 17.7 Å². The van der Waals surface area contributed by atoms with Crippen LogP contribution in [-0.2, 0) is 5.54 Å². The van der Waals surface area contributed by atoms with Gasteiger partial charge in [-0.15, -0.1) is 0 Å². The topological polar surface area (TPSA) is 26.0 Å². The molecule has 0 saturated heterocycles. The average molecular weight is 218 g/mol. The summed E-state index contributed by atoms with van der Waals surface area (Å²) in [5, 5.41) is 0.459. The van der Waals surface area contributed by atoms with Crippen LogP contribution in [0.3, 0.4) is 0 Å². The molecule has 0 heterocycles. The number of benzene rings is 1. The zero-order valence-corrected chi connectivity index (χ0v) is 8.19. The fraction of sp³-hybridized carbons (Fsp3) is 0.400. The summed E-state index contributed by atoms with van der Waals surface area (Å²) in [6, 6.07) is 4.38. The molecule has 2 N–H and O–H groups in total. The minimum atomic E-state index is -2.48. The first-order chi connectivity index (χ1) is 6.53. The summed E-state index contributed by atoms with van der Waals surface area (Å²) in [5.41, 5.74) is 5.83. The lowest BCUT2D eigenvalue weighted by Crippen LogP contribution is -2.20. The quantitative estimate of drug-likeness (QED) is 0.809. The first-order valence-corrected chi connectivity index (χ1v) is 4.78. The van der Waals surface area contributed by atoms with Gasteiger partial charge >= 0.3 is 0 Å². The Balaban J connectivity index is 2.49. The molecule has 0 amide bonds. The molecule has 1 aromatic rings. The van der Waals surface area contributed by atoms with Crippen molar-refractivity contribution in [1.29, 1.82) is 0 Å². The summed E-state index contributed by atoms with van der Waals surface area (Å²) in [4.78, 5) is 0. The van der Waals surface area contributed by atoms with E-state index in [1.807, 2.05) is 0 Å². The molecule has 0 bridgehead atoms. The van der Waals surface area contributed by atoms with Crippen molar-refractivity contribution in [3.63, 3.8) is 0 Å². The van der Waals surface area contributed by atoms with Crippen molar-refractivity contribution < 1.29 is 8.78 Å². The van der Waals surface area contributed by atoms with Gasteiger partial charge in [-0.3, -0.25) is 0 Å². The van der Waals surface area contributed by atoms with E-state index in [4.69, 9.17) is 17.3 Å². The molecule has 1 saturated carbocycles. The van der Waals surface area contributed by atoms with Gasteiger partial charge < -0.3 is 5.73 Å². The second-order valence-corrected chi connectivity index (χ2v) is 4.12. The Morgan fingerprint density at radius 1 is 1.36 bits per heavy atom. The molecule has 2 rings (SSSR count). The summed E-state index contributed by atoms with van der Waals surface area (Å²) < 4.78 is 25.2. The van der Waals surface area contributed by atoms with E-state index in [2.05, 4.69) is 0 Å². The van der Waals surface area contributed by atoms with E-state index < -0.39 is 12.0 Å². The molecule has 1 aliphatic carbocycles. The fourth-order valence-electron chi connectivity index (χ4n) is 1.55. The largest absolute Gasteiger partial charge is 0.321 e. The predicted octanol–water partition coefficient (Wildman–Crippen LogP) is 3.23. The predicted molar refractivity (Wildman–Crippen MR) is 51.5 cm³/mol. The lowest BCUT2D eigenvalue weighted by atomic mass is 9.99. The monoisotopic (exact) mass is 217 g/mol. The molecule has 0 radical (unpaired) electrons. The second kappa shape index (κ2) is 3.17. The van der Waals surface area contributed by atoms with E-state index in [1.165, 1.54) is 12.1 Å². The Morgan fingerprint density at radius 3 is 2.50 bits per heavy atom.